The first kappa shape index (κ1) is 9.79. The third kappa shape index (κ3) is 2.60. The van der Waals surface area contributed by atoms with Crippen LogP contribution in [0.15, 0.2) is 30.9 Å². The van der Waals surface area contributed by atoms with Gasteiger partial charge in [0, 0.05) is 18.4 Å². The van der Waals surface area contributed by atoms with E-state index in [0.29, 0.717) is 6.54 Å². The number of aromatic amines is 1. The van der Waals surface area contributed by atoms with Gasteiger partial charge in [0.05, 0.1) is 6.54 Å². The Morgan fingerprint density at radius 3 is 3.13 bits per heavy atom. The van der Waals surface area contributed by atoms with Crippen LogP contribution >= 0.6 is 0 Å². The number of hydrogen-bond donors (Lipinski definition) is 2. The van der Waals surface area contributed by atoms with Crippen molar-refractivity contribution < 1.29 is 0 Å². The summed E-state index contributed by atoms with van der Waals surface area (Å²) in [5, 5.41) is 9.92. The Balaban J connectivity index is 1.90. The maximum Gasteiger partial charge on any atom is 0.138 e. The molecular formula is C10H13N5. The van der Waals surface area contributed by atoms with Crippen molar-refractivity contribution in [3.05, 3.63) is 42.2 Å². The molecule has 1 atom stereocenters. The van der Waals surface area contributed by atoms with Crippen molar-refractivity contribution in [1.82, 2.24) is 25.5 Å². The molecule has 15 heavy (non-hydrogen) atoms. The lowest BCUT2D eigenvalue weighted by Crippen LogP contribution is -2.18. The molecule has 0 spiro atoms. The van der Waals surface area contributed by atoms with Crippen LogP contribution < -0.4 is 5.32 Å². The zero-order chi connectivity index (χ0) is 10.5. The Morgan fingerprint density at radius 2 is 2.47 bits per heavy atom. The van der Waals surface area contributed by atoms with Gasteiger partial charge in [-0.05, 0) is 18.6 Å². The number of pyridine rings is 1. The second-order valence-corrected chi connectivity index (χ2v) is 3.32. The molecule has 2 rings (SSSR count). The van der Waals surface area contributed by atoms with Crippen LogP contribution in [0.25, 0.3) is 0 Å². The first-order valence-corrected chi connectivity index (χ1v) is 4.84. The molecule has 0 aliphatic rings. The van der Waals surface area contributed by atoms with Crippen molar-refractivity contribution in [3.8, 4) is 0 Å². The summed E-state index contributed by atoms with van der Waals surface area (Å²) in [6.07, 6.45) is 5.14. The second-order valence-electron chi connectivity index (χ2n) is 3.32. The van der Waals surface area contributed by atoms with Gasteiger partial charge in [-0.25, -0.2) is 4.98 Å². The lowest BCUT2D eigenvalue weighted by atomic mass is 10.1. The fraction of sp³-hybridized carbons (Fsp3) is 0.300. The van der Waals surface area contributed by atoms with E-state index in [1.807, 2.05) is 18.3 Å². The topological polar surface area (TPSA) is 66.5 Å². The molecule has 0 fully saturated rings. The minimum atomic E-state index is 0.254. The van der Waals surface area contributed by atoms with Crippen LogP contribution in [-0.4, -0.2) is 20.2 Å². The van der Waals surface area contributed by atoms with Crippen molar-refractivity contribution >= 4 is 0 Å². The van der Waals surface area contributed by atoms with Gasteiger partial charge >= 0.3 is 0 Å². The van der Waals surface area contributed by atoms with E-state index in [9.17, 15) is 0 Å². The zero-order valence-corrected chi connectivity index (χ0v) is 8.51. The normalized spacial score (nSPS) is 12.6. The lowest BCUT2D eigenvalue weighted by molar-refractivity contribution is 0.559. The number of H-pyrrole nitrogens is 1. The minimum Gasteiger partial charge on any atom is -0.303 e. The Hall–Kier alpha value is -1.75. The molecule has 0 bridgehead atoms. The first-order chi connectivity index (χ1) is 7.36. The van der Waals surface area contributed by atoms with E-state index in [0.717, 1.165) is 11.4 Å². The van der Waals surface area contributed by atoms with Gasteiger partial charge in [0.15, 0.2) is 0 Å². The Morgan fingerprint density at radius 1 is 1.53 bits per heavy atom. The molecule has 1 unspecified atom stereocenters. The monoisotopic (exact) mass is 203 g/mol. The summed E-state index contributed by atoms with van der Waals surface area (Å²) in [5.74, 6) is 0.839. The van der Waals surface area contributed by atoms with Gasteiger partial charge in [0.1, 0.15) is 12.2 Å². The fourth-order valence-corrected chi connectivity index (χ4v) is 1.32. The van der Waals surface area contributed by atoms with Crippen molar-refractivity contribution in [3.63, 3.8) is 0 Å². The Labute approximate surface area is 88.0 Å². The molecule has 78 valence electrons. The number of nitrogens with zero attached hydrogens (tertiary/aromatic N) is 3. The quantitative estimate of drug-likeness (QED) is 0.779. The SMILES string of the molecule is CC(NCc1ncn[nH]1)c1cccnc1. The van der Waals surface area contributed by atoms with E-state index in [2.05, 4.69) is 32.4 Å². The molecule has 0 aromatic carbocycles. The molecule has 2 aromatic rings. The summed E-state index contributed by atoms with van der Waals surface area (Å²) in [5.41, 5.74) is 1.16. The summed E-state index contributed by atoms with van der Waals surface area (Å²) < 4.78 is 0. The predicted molar refractivity (Wildman–Crippen MR) is 55.9 cm³/mol. The van der Waals surface area contributed by atoms with E-state index in [4.69, 9.17) is 0 Å². The summed E-state index contributed by atoms with van der Waals surface area (Å²) in [7, 11) is 0. The molecule has 0 saturated carbocycles. The Kier molecular flexibility index (Phi) is 3.04. The molecule has 0 saturated heterocycles. The van der Waals surface area contributed by atoms with E-state index >= 15 is 0 Å². The van der Waals surface area contributed by atoms with E-state index in [-0.39, 0.29) is 6.04 Å². The van der Waals surface area contributed by atoms with Gasteiger partial charge in [-0.3, -0.25) is 10.1 Å². The molecular weight excluding hydrogens is 190 g/mol. The van der Waals surface area contributed by atoms with E-state index in [1.165, 1.54) is 6.33 Å². The lowest BCUT2D eigenvalue weighted by Gasteiger charge is -2.12. The third-order valence-electron chi connectivity index (χ3n) is 2.23. The maximum atomic E-state index is 4.07. The number of rotatable bonds is 4. The van der Waals surface area contributed by atoms with Gasteiger partial charge in [-0.1, -0.05) is 6.07 Å². The highest BCUT2D eigenvalue weighted by Crippen LogP contribution is 2.09. The largest absolute Gasteiger partial charge is 0.303 e. The van der Waals surface area contributed by atoms with Gasteiger partial charge in [-0.2, -0.15) is 5.10 Å². The van der Waals surface area contributed by atoms with E-state index in [1.54, 1.807) is 6.20 Å². The smallest absolute Gasteiger partial charge is 0.138 e. The molecule has 2 heterocycles. The average molecular weight is 203 g/mol. The van der Waals surface area contributed by atoms with Crippen LogP contribution in [0.5, 0.6) is 0 Å². The average Bonchev–Trinajstić information content (AvgIpc) is 2.80. The zero-order valence-electron chi connectivity index (χ0n) is 8.51. The highest BCUT2D eigenvalue weighted by atomic mass is 15.2. The summed E-state index contributed by atoms with van der Waals surface area (Å²) >= 11 is 0. The molecule has 2 aromatic heterocycles. The number of aromatic nitrogens is 4. The van der Waals surface area contributed by atoms with Crippen LogP contribution in [0, 0.1) is 0 Å². The minimum absolute atomic E-state index is 0.254. The summed E-state index contributed by atoms with van der Waals surface area (Å²) in [6, 6.07) is 4.23. The van der Waals surface area contributed by atoms with Gasteiger partial charge in [-0.15, -0.1) is 0 Å². The maximum absolute atomic E-state index is 4.07. The van der Waals surface area contributed by atoms with Crippen LogP contribution in [0.3, 0.4) is 0 Å². The van der Waals surface area contributed by atoms with Crippen molar-refractivity contribution in [2.45, 2.75) is 19.5 Å². The van der Waals surface area contributed by atoms with Crippen molar-refractivity contribution in [1.29, 1.82) is 0 Å². The highest BCUT2D eigenvalue weighted by Gasteiger charge is 2.04. The summed E-state index contributed by atoms with van der Waals surface area (Å²) in [4.78, 5) is 8.11. The molecule has 5 heteroatoms. The molecule has 0 amide bonds. The van der Waals surface area contributed by atoms with Gasteiger partial charge in [0.25, 0.3) is 0 Å². The molecule has 0 radical (unpaired) electrons. The predicted octanol–water partition coefficient (Wildman–Crippen LogP) is 1.05. The van der Waals surface area contributed by atoms with Crippen molar-refractivity contribution in [2.24, 2.45) is 0 Å². The third-order valence-corrected chi connectivity index (χ3v) is 2.23. The van der Waals surface area contributed by atoms with Gasteiger partial charge in [0.2, 0.25) is 0 Å². The number of hydrogen-bond acceptors (Lipinski definition) is 4. The van der Waals surface area contributed by atoms with E-state index < -0.39 is 0 Å². The van der Waals surface area contributed by atoms with Crippen LogP contribution in [-0.2, 0) is 6.54 Å². The molecule has 0 aliphatic carbocycles. The standard InChI is InChI=1S/C10H13N5/c1-8(9-3-2-4-11-5-9)12-6-10-13-7-14-15-10/h2-5,7-8,12H,6H2,1H3,(H,13,14,15). The van der Waals surface area contributed by atoms with Gasteiger partial charge < -0.3 is 5.32 Å². The molecule has 2 N–H and O–H groups in total. The highest BCUT2D eigenvalue weighted by molar-refractivity contribution is 5.12. The molecule has 0 aliphatic heterocycles. The number of nitrogens with one attached hydrogen (secondary N) is 2. The van der Waals surface area contributed by atoms with Crippen molar-refractivity contribution in [2.75, 3.05) is 0 Å². The second kappa shape index (κ2) is 4.65. The Bertz CT molecular complexity index is 383. The molecule has 5 nitrogen and oxygen atoms in total. The fourth-order valence-electron chi connectivity index (χ4n) is 1.32. The van der Waals surface area contributed by atoms with Crippen LogP contribution in [0.1, 0.15) is 24.4 Å². The van der Waals surface area contributed by atoms with Crippen LogP contribution in [0.2, 0.25) is 0 Å². The first-order valence-electron chi connectivity index (χ1n) is 4.84. The summed E-state index contributed by atoms with van der Waals surface area (Å²) in [6.45, 7) is 2.77. The van der Waals surface area contributed by atoms with Crippen LogP contribution in [0.4, 0.5) is 0 Å².